The SMILES string of the molecule is O=C1C(c2ccccc2)N2C(=O)C=C(c3ccccc3)C23c2ccccc2NC3N1Cc1ccccc1. The van der Waals surface area contributed by atoms with Gasteiger partial charge in [-0.25, -0.2) is 0 Å². The van der Waals surface area contributed by atoms with Crippen LogP contribution in [-0.4, -0.2) is 27.8 Å². The topological polar surface area (TPSA) is 52.7 Å². The molecule has 1 fully saturated rings. The fraction of sp³-hybridized carbons (Fsp3) is 0.125. The maximum atomic E-state index is 14.4. The highest BCUT2D eigenvalue weighted by atomic mass is 16.2. The highest BCUT2D eigenvalue weighted by Crippen LogP contribution is 2.60. The van der Waals surface area contributed by atoms with Crippen LogP contribution in [0.2, 0.25) is 0 Å². The van der Waals surface area contributed by atoms with Crippen molar-refractivity contribution in [3.8, 4) is 0 Å². The van der Waals surface area contributed by atoms with E-state index in [-0.39, 0.29) is 11.8 Å². The van der Waals surface area contributed by atoms with Gasteiger partial charge in [0.1, 0.15) is 17.7 Å². The smallest absolute Gasteiger partial charge is 0.252 e. The van der Waals surface area contributed by atoms with Gasteiger partial charge in [-0.3, -0.25) is 9.59 Å². The highest BCUT2D eigenvalue weighted by Gasteiger charge is 2.67. The van der Waals surface area contributed by atoms with E-state index in [0.29, 0.717) is 6.54 Å². The second-order valence-electron chi connectivity index (χ2n) is 9.76. The Labute approximate surface area is 215 Å². The van der Waals surface area contributed by atoms with Gasteiger partial charge in [-0.2, -0.15) is 0 Å². The number of carbonyl (C=O) groups excluding carboxylic acids is 2. The second-order valence-corrected chi connectivity index (χ2v) is 9.76. The highest BCUT2D eigenvalue weighted by molar-refractivity contribution is 6.09. The number of benzene rings is 4. The quantitative estimate of drug-likeness (QED) is 0.426. The average molecular weight is 484 g/mol. The lowest BCUT2D eigenvalue weighted by Crippen LogP contribution is -2.68. The molecule has 1 saturated heterocycles. The zero-order valence-corrected chi connectivity index (χ0v) is 20.1. The Kier molecular flexibility index (Phi) is 4.80. The van der Waals surface area contributed by atoms with Crippen LogP contribution in [0.25, 0.3) is 5.57 Å². The van der Waals surface area contributed by atoms with Crippen molar-refractivity contribution in [1.29, 1.82) is 0 Å². The first-order valence-electron chi connectivity index (χ1n) is 12.6. The van der Waals surface area contributed by atoms with Crippen LogP contribution in [0.15, 0.2) is 121 Å². The van der Waals surface area contributed by atoms with E-state index < -0.39 is 17.7 Å². The van der Waals surface area contributed by atoms with E-state index in [1.807, 2.05) is 119 Å². The summed E-state index contributed by atoms with van der Waals surface area (Å²) in [5.41, 5.74) is 4.80. The van der Waals surface area contributed by atoms with Gasteiger partial charge in [0, 0.05) is 23.9 Å². The number of anilines is 1. The van der Waals surface area contributed by atoms with Crippen molar-refractivity contribution < 1.29 is 9.59 Å². The molecule has 3 atom stereocenters. The third-order valence-corrected chi connectivity index (χ3v) is 7.80. The van der Waals surface area contributed by atoms with Gasteiger partial charge in [0.25, 0.3) is 5.91 Å². The van der Waals surface area contributed by atoms with Gasteiger partial charge in [-0.05, 0) is 28.3 Å². The number of hydrogen-bond acceptors (Lipinski definition) is 3. The van der Waals surface area contributed by atoms with Crippen molar-refractivity contribution in [3.63, 3.8) is 0 Å². The fourth-order valence-electron chi connectivity index (χ4n) is 6.33. The number of nitrogens with one attached hydrogen (secondary N) is 1. The maximum absolute atomic E-state index is 14.4. The molecule has 3 heterocycles. The van der Waals surface area contributed by atoms with Crippen LogP contribution in [-0.2, 0) is 21.7 Å². The number of fused-ring (bicyclic) bond motifs is 1. The van der Waals surface area contributed by atoms with Crippen molar-refractivity contribution in [2.75, 3.05) is 5.32 Å². The Morgan fingerprint density at radius 1 is 0.730 bits per heavy atom. The summed E-state index contributed by atoms with van der Waals surface area (Å²) in [6.07, 6.45) is 1.27. The van der Waals surface area contributed by atoms with E-state index in [9.17, 15) is 9.59 Å². The lowest BCUT2D eigenvalue weighted by atomic mass is 9.75. The van der Waals surface area contributed by atoms with Crippen molar-refractivity contribution in [2.45, 2.75) is 24.3 Å². The Morgan fingerprint density at radius 3 is 2.08 bits per heavy atom. The molecule has 7 rings (SSSR count). The number of carbonyl (C=O) groups is 2. The Morgan fingerprint density at radius 2 is 1.35 bits per heavy atom. The first-order chi connectivity index (χ1) is 18.2. The number of rotatable bonds is 4. The summed E-state index contributed by atoms with van der Waals surface area (Å²) < 4.78 is 0. The molecule has 4 aromatic rings. The Hall–Kier alpha value is -4.64. The molecule has 2 amide bonds. The van der Waals surface area contributed by atoms with Crippen LogP contribution in [0.4, 0.5) is 5.69 Å². The monoisotopic (exact) mass is 483 g/mol. The zero-order valence-electron chi connectivity index (χ0n) is 20.1. The van der Waals surface area contributed by atoms with Crippen molar-refractivity contribution in [3.05, 3.63) is 144 Å². The van der Waals surface area contributed by atoms with E-state index in [1.165, 1.54) is 0 Å². The summed E-state index contributed by atoms with van der Waals surface area (Å²) in [5, 5.41) is 3.66. The summed E-state index contributed by atoms with van der Waals surface area (Å²) in [4.78, 5) is 32.2. The van der Waals surface area contributed by atoms with E-state index in [4.69, 9.17) is 0 Å². The minimum atomic E-state index is -0.877. The van der Waals surface area contributed by atoms with Crippen LogP contribution >= 0.6 is 0 Å². The Bertz CT molecular complexity index is 1530. The number of hydrogen-bond donors (Lipinski definition) is 1. The number of nitrogens with zero attached hydrogens (tertiary/aromatic N) is 2. The molecule has 3 unspecified atom stereocenters. The van der Waals surface area contributed by atoms with Gasteiger partial charge in [0.15, 0.2) is 0 Å². The summed E-state index contributed by atoms with van der Waals surface area (Å²) in [6.45, 7) is 0.431. The lowest BCUT2D eigenvalue weighted by molar-refractivity contribution is -0.162. The van der Waals surface area contributed by atoms with E-state index in [2.05, 4.69) is 11.4 Å². The van der Waals surface area contributed by atoms with Gasteiger partial charge in [-0.1, -0.05) is 109 Å². The first-order valence-corrected chi connectivity index (χ1v) is 12.6. The fourth-order valence-corrected chi connectivity index (χ4v) is 6.33. The first kappa shape index (κ1) is 21.6. The largest absolute Gasteiger partial charge is 0.362 e. The number of piperazine rings is 1. The summed E-state index contributed by atoms with van der Waals surface area (Å²) in [6, 6.07) is 37.2. The average Bonchev–Trinajstić information content (AvgIpc) is 3.45. The van der Waals surface area contributed by atoms with Gasteiger partial charge in [-0.15, -0.1) is 0 Å². The van der Waals surface area contributed by atoms with Crippen molar-refractivity contribution >= 4 is 23.1 Å². The van der Waals surface area contributed by atoms with Crippen LogP contribution in [0.1, 0.15) is 28.3 Å². The molecule has 3 aliphatic heterocycles. The number of para-hydroxylation sites is 1. The summed E-state index contributed by atoms with van der Waals surface area (Å²) in [7, 11) is 0. The molecule has 0 aromatic heterocycles. The zero-order chi connectivity index (χ0) is 25.0. The summed E-state index contributed by atoms with van der Waals surface area (Å²) in [5.74, 6) is -0.240. The van der Waals surface area contributed by atoms with Crippen molar-refractivity contribution in [1.82, 2.24) is 9.80 Å². The third-order valence-electron chi connectivity index (χ3n) is 7.80. The van der Waals surface area contributed by atoms with Crippen LogP contribution in [0.5, 0.6) is 0 Å². The summed E-state index contributed by atoms with van der Waals surface area (Å²) >= 11 is 0. The molecule has 0 bridgehead atoms. The normalized spacial score (nSPS) is 23.7. The molecule has 4 aromatic carbocycles. The minimum absolute atomic E-state index is 0.0907. The second kappa shape index (κ2) is 8.20. The predicted molar refractivity (Wildman–Crippen MR) is 143 cm³/mol. The van der Waals surface area contributed by atoms with Gasteiger partial charge in [0.05, 0.1) is 0 Å². The predicted octanol–water partition coefficient (Wildman–Crippen LogP) is 5.34. The molecule has 180 valence electrons. The molecule has 1 spiro atoms. The Balaban J connectivity index is 1.51. The molecule has 5 nitrogen and oxygen atoms in total. The van der Waals surface area contributed by atoms with Crippen LogP contribution in [0.3, 0.4) is 0 Å². The molecule has 37 heavy (non-hydrogen) atoms. The maximum Gasteiger partial charge on any atom is 0.252 e. The molecule has 0 saturated carbocycles. The molecule has 3 aliphatic rings. The van der Waals surface area contributed by atoms with Gasteiger partial charge in [0.2, 0.25) is 5.91 Å². The molecule has 1 N–H and O–H groups in total. The molecule has 0 radical (unpaired) electrons. The van der Waals surface area contributed by atoms with Gasteiger partial charge < -0.3 is 15.1 Å². The molecular formula is C32H25N3O2. The van der Waals surface area contributed by atoms with Crippen LogP contribution < -0.4 is 5.32 Å². The molecule has 0 aliphatic carbocycles. The third kappa shape index (κ3) is 3.04. The molecule has 5 heteroatoms. The minimum Gasteiger partial charge on any atom is -0.362 e. The van der Waals surface area contributed by atoms with Gasteiger partial charge >= 0.3 is 0 Å². The lowest BCUT2D eigenvalue weighted by Gasteiger charge is -2.54. The number of amides is 2. The molecular weight excluding hydrogens is 458 g/mol. The van der Waals surface area contributed by atoms with Crippen LogP contribution in [0, 0.1) is 0 Å². The van der Waals surface area contributed by atoms with E-state index in [1.54, 1.807) is 6.08 Å². The standard InChI is InChI=1S/C32H25N3O2/c36-28-20-26(23-14-6-2-7-15-23)32-25-18-10-11-19-27(25)33-31(32)34(21-22-12-4-1-5-13-22)30(37)29(35(28)32)24-16-8-3-9-17-24/h1-20,29,31,33H,21H2. The van der Waals surface area contributed by atoms with E-state index in [0.717, 1.165) is 33.5 Å². The van der Waals surface area contributed by atoms with Crippen molar-refractivity contribution in [2.24, 2.45) is 0 Å². The van der Waals surface area contributed by atoms with E-state index >= 15 is 0 Å².